The van der Waals surface area contributed by atoms with Gasteiger partial charge in [0.15, 0.2) is 0 Å². The van der Waals surface area contributed by atoms with Crippen LogP contribution in [0.2, 0.25) is 5.02 Å². The Kier molecular flexibility index (Phi) is 6.26. The van der Waals surface area contributed by atoms with Crippen molar-refractivity contribution in [3.63, 3.8) is 0 Å². The lowest BCUT2D eigenvalue weighted by Gasteiger charge is -2.08. The van der Waals surface area contributed by atoms with Crippen LogP contribution in [-0.4, -0.2) is 32.1 Å². The normalized spacial score (nSPS) is 10.9. The Morgan fingerprint density at radius 2 is 1.90 bits per heavy atom. The number of nitrogens with two attached hydrogens (primary N) is 1. The fourth-order valence-electron chi connectivity index (χ4n) is 1.30. The topological polar surface area (TPSA) is 95.7 Å². The molecule has 1 aromatic rings. The van der Waals surface area contributed by atoms with Crippen molar-refractivity contribution in [1.82, 2.24) is 0 Å². The maximum atomic E-state index is 11.7. The van der Waals surface area contributed by atoms with E-state index in [0.717, 1.165) is 17.8 Å². The molecule has 112 valence electrons. The molecule has 0 atom stereocenters. The first kappa shape index (κ1) is 17.1. The Hall–Kier alpha value is -1.99. The molecule has 0 radical (unpaired) electrons. The van der Waals surface area contributed by atoms with E-state index in [4.69, 9.17) is 17.3 Å². The van der Waals surface area contributed by atoms with Gasteiger partial charge in [-0.05, 0) is 18.2 Å². The molecule has 0 aliphatic rings. The van der Waals surface area contributed by atoms with Crippen LogP contribution >= 0.6 is 23.4 Å². The van der Waals surface area contributed by atoms with Crippen LogP contribution in [0.3, 0.4) is 0 Å². The van der Waals surface area contributed by atoms with Crippen LogP contribution in [0.5, 0.6) is 0 Å². The van der Waals surface area contributed by atoms with Gasteiger partial charge < -0.3 is 15.2 Å². The van der Waals surface area contributed by atoms with Crippen LogP contribution in [0.15, 0.2) is 34.1 Å². The number of halogens is 1. The second kappa shape index (κ2) is 7.70. The van der Waals surface area contributed by atoms with E-state index >= 15 is 0 Å². The Labute approximate surface area is 130 Å². The van der Waals surface area contributed by atoms with E-state index in [1.54, 1.807) is 0 Å². The van der Waals surface area contributed by atoms with Crippen LogP contribution in [0, 0.1) is 0 Å². The number of amides is 1. The lowest BCUT2D eigenvalue weighted by atomic mass is 10.2. The van der Waals surface area contributed by atoms with Crippen LogP contribution in [0.1, 0.15) is 10.4 Å². The van der Waals surface area contributed by atoms with Crippen molar-refractivity contribution < 1.29 is 23.9 Å². The molecule has 0 aromatic heterocycles. The Bertz CT molecular complexity index is 615. The number of hydrogen-bond donors (Lipinski definition) is 1. The molecule has 0 aliphatic carbocycles. The van der Waals surface area contributed by atoms with Gasteiger partial charge in [0.25, 0.3) is 0 Å². The lowest BCUT2D eigenvalue weighted by molar-refractivity contribution is -0.137. The zero-order valence-corrected chi connectivity index (χ0v) is 12.8. The van der Waals surface area contributed by atoms with Gasteiger partial charge >= 0.3 is 11.9 Å². The highest BCUT2D eigenvalue weighted by atomic mass is 35.5. The number of methoxy groups -OCH3 is 2. The molecule has 1 rings (SSSR count). The summed E-state index contributed by atoms with van der Waals surface area (Å²) in [6, 6.07) is 4.42. The van der Waals surface area contributed by atoms with Crippen LogP contribution < -0.4 is 5.73 Å². The Balaban J connectivity index is 3.21. The first-order chi connectivity index (χ1) is 9.88. The quantitative estimate of drug-likeness (QED) is 0.502. The van der Waals surface area contributed by atoms with E-state index in [9.17, 15) is 14.4 Å². The molecule has 0 saturated heterocycles. The molecule has 0 heterocycles. The van der Waals surface area contributed by atoms with Gasteiger partial charge in [-0.3, -0.25) is 4.79 Å². The molecular weight excluding hydrogens is 318 g/mol. The maximum absolute atomic E-state index is 11.7. The number of primary amides is 1. The summed E-state index contributed by atoms with van der Waals surface area (Å²) in [4.78, 5) is 34.6. The standard InChI is InChI=1S/C13H12ClNO5S/c1-19-11(16)6-10(13(18)20-2)21-9-4-3-7(14)5-8(9)12(15)17/h3-6H,1-2H3,(H2,15,17)/b10-6-. The number of thioether (sulfide) groups is 1. The summed E-state index contributed by atoms with van der Waals surface area (Å²) >= 11 is 6.65. The van der Waals surface area contributed by atoms with E-state index in [1.807, 2.05) is 0 Å². The van der Waals surface area contributed by atoms with E-state index in [-0.39, 0.29) is 10.5 Å². The van der Waals surface area contributed by atoms with E-state index < -0.39 is 17.8 Å². The zero-order valence-electron chi connectivity index (χ0n) is 11.2. The average molecular weight is 330 g/mol. The number of carbonyl (C=O) groups excluding carboxylic acids is 3. The summed E-state index contributed by atoms with van der Waals surface area (Å²) < 4.78 is 9.04. The molecule has 2 N–H and O–H groups in total. The van der Waals surface area contributed by atoms with Crippen molar-refractivity contribution >= 4 is 41.2 Å². The van der Waals surface area contributed by atoms with Crippen molar-refractivity contribution in [3.05, 3.63) is 39.8 Å². The first-order valence-corrected chi connectivity index (χ1v) is 6.73. The fraction of sp³-hybridized carbons (Fsp3) is 0.154. The second-order valence-corrected chi connectivity index (χ2v) is 5.15. The zero-order chi connectivity index (χ0) is 16.0. The molecule has 21 heavy (non-hydrogen) atoms. The number of ether oxygens (including phenoxy) is 2. The van der Waals surface area contributed by atoms with Crippen molar-refractivity contribution in [2.75, 3.05) is 14.2 Å². The Morgan fingerprint density at radius 1 is 1.24 bits per heavy atom. The highest BCUT2D eigenvalue weighted by Crippen LogP contribution is 2.32. The summed E-state index contributed by atoms with van der Waals surface area (Å²) in [5.41, 5.74) is 5.39. The van der Waals surface area contributed by atoms with Crippen LogP contribution in [-0.2, 0) is 19.1 Å². The largest absolute Gasteiger partial charge is 0.466 e. The molecule has 0 aliphatic heterocycles. The van der Waals surface area contributed by atoms with Crippen molar-refractivity contribution in [3.8, 4) is 0 Å². The van der Waals surface area contributed by atoms with E-state index in [2.05, 4.69) is 9.47 Å². The summed E-state index contributed by atoms with van der Waals surface area (Å²) in [7, 11) is 2.35. The Morgan fingerprint density at radius 3 is 2.43 bits per heavy atom. The van der Waals surface area contributed by atoms with Crippen molar-refractivity contribution in [2.45, 2.75) is 4.90 Å². The van der Waals surface area contributed by atoms with Gasteiger partial charge in [-0.1, -0.05) is 23.4 Å². The summed E-state index contributed by atoms with van der Waals surface area (Å²) in [6.07, 6.45) is 0.968. The third-order valence-electron chi connectivity index (χ3n) is 2.26. The van der Waals surface area contributed by atoms with Gasteiger partial charge in [0.1, 0.15) is 4.91 Å². The molecule has 8 heteroatoms. The van der Waals surface area contributed by atoms with Gasteiger partial charge in [0, 0.05) is 16.0 Å². The predicted molar refractivity (Wildman–Crippen MR) is 77.9 cm³/mol. The summed E-state index contributed by atoms with van der Waals surface area (Å²) in [5, 5.41) is 0.324. The van der Waals surface area contributed by atoms with E-state index in [0.29, 0.717) is 9.92 Å². The highest BCUT2D eigenvalue weighted by Gasteiger charge is 2.18. The molecule has 0 spiro atoms. The van der Waals surface area contributed by atoms with Gasteiger partial charge in [0.2, 0.25) is 5.91 Å². The van der Waals surface area contributed by atoms with E-state index in [1.165, 1.54) is 32.4 Å². The summed E-state index contributed by atoms with van der Waals surface area (Å²) in [5.74, 6) is -2.17. The van der Waals surface area contributed by atoms with Crippen LogP contribution in [0.4, 0.5) is 0 Å². The minimum atomic E-state index is -0.740. The minimum absolute atomic E-state index is 0.0471. The number of carbonyl (C=O) groups is 3. The molecule has 1 aromatic carbocycles. The van der Waals surface area contributed by atoms with Crippen molar-refractivity contribution in [1.29, 1.82) is 0 Å². The number of esters is 2. The molecule has 0 unspecified atom stereocenters. The lowest BCUT2D eigenvalue weighted by Crippen LogP contribution is -2.13. The predicted octanol–water partition coefficient (Wildman–Crippen LogP) is 1.76. The van der Waals surface area contributed by atoms with Crippen LogP contribution in [0.25, 0.3) is 0 Å². The molecular formula is C13H12ClNO5S. The molecule has 6 nitrogen and oxygen atoms in total. The smallest absolute Gasteiger partial charge is 0.344 e. The first-order valence-electron chi connectivity index (χ1n) is 5.54. The molecule has 0 fully saturated rings. The monoisotopic (exact) mass is 329 g/mol. The minimum Gasteiger partial charge on any atom is -0.466 e. The average Bonchev–Trinajstić information content (AvgIpc) is 2.46. The summed E-state index contributed by atoms with van der Waals surface area (Å²) in [6.45, 7) is 0. The van der Waals surface area contributed by atoms with Gasteiger partial charge in [-0.2, -0.15) is 0 Å². The number of benzene rings is 1. The SMILES string of the molecule is COC(=O)/C=C(\Sc1ccc(Cl)cc1C(N)=O)C(=O)OC. The second-order valence-electron chi connectivity index (χ2n) is 3.63. The molecule has 0 bridgehead atoms. The third kappa shape index (κ3) is 4.80. The molecule has 1 amide bonds. The van der Waals surface area contributed by atoms with Gasteiger partial charge in [-0.25, -0.2) is 9.59 Å². The van der Waals surface area contributed by atoms with Gasteiger partial charge in [0.05, 0.1) is 19.8 Å². The van der Waals surface area contributed by atoms with Crippen molar-refractivity contribution in [2.24, 2.45) is 5.73 Å². The van der Waals surface area contributed by atoms with Gasteiger partial charge in [-0.15, -0.1) is 0 Å². The molecule has 0 saturated carbocycles. The third-order valence-corrected chi connectivity index (χ3v) is 3.58. The maximum Gasteiger partial charge on any atom is 0.344 e. The number of rotatable bonds is 5. The fourth-order valence-corrected chi connectivity index (χ4v) is 2.44. The highest BCUT2D eigenvalue weighted by molar-refractivity contribution is 8.04. The number of hydrogen-bond acceptors (Lipinski definition) is 6.